The monoisotopic (exact) mass is 555 g/mol. The van der Waals surface area contributed by atoms with E-state index in [1.54, 1.807) is 39.8 Å². The first-order valence-corrected chi connectivity index (χ1v) is 12.4. The van der Waals surface area contributed by atoms with Crippen molar-refractivity contribution in [2.75, 3.05) is 6.54 Å². The van der Waals surface area contributed by atoms with Gasteiger partial charge < -0.3 is 25.0 Å². The topological polar surface area (TPSA) is 129 Å². The van der Waals surface area contributed by atoms with Gasteiger partial charge in [0.05, 0.1) is 0 Å². The first kappa shape index (κ1) is 31.6. The number of alkyl carbamates (subject to hydrolysis) is 1. The highest BCUT2D eigenvalue weighted by Crippen LogP contribution is 2.28. The summed E-state index contributed by atoms with van der Waals surface area (Å²) in [5.41, 5.74) is -1.85. The van der Waals surface area contributed by atoms with Crippen molar-refractivity contribution in [2.24, 2.45) is 5.41 Å². The summed E-state index contributed by atoms with van der Waals surface area (Å²) in [7, 11) is 0. The van der Waals surface area contributed by atoms with E-state index in [2.05, 4.69) is 10.3 Å². The van der Waals surface area contributed by atoms with E-state index < -0.39 is 52.5 Å². The summed E-state index contributed by atoms with van der Waals surface area (Å²) in [5.74, 6) is -1.39. The number of carboxylic acid groups (broad SMARTS) is 1. The second-order valence-electron chi connectivity index (χ2n) is 11.6. The molecule has 1 aliphatic rings. The number of carbonyl (C=O) groups is 3. The van der Waals surface area contributed by atoms with Crippen LogP contribution in [-0.4, -0.2) is 57.2 Å². The lowest BCUT2D eigenvalue weighted by Crippen LogP contribution is -2.57. The fraction of sp³-hybridized carbons (Fsp3) is 0.556. The Morgan fingerprint density at radius 1 is 1.10 bits per heavy atom. The minimum atomic E-state index is -4.53. The summed E-state index contributed by atoms with van der Waals surface area (Å²) in [6.07, 6.45) is -4.13. The third-order valence-corrected chi connectivity index (χ3v) is 5.89. The van der Waals surface area contributed by atoms with Gasteiger partial charge in [-0.05, 0) is 58.1 Å². The summed E-state index contributed by atoms with van der Waals surface area (Å²) in [4.78, 5) is 51.2. The van der Waals surface area contributed by atoms with Crippen LogP contribution in [0.3, 0.4) is 0 Å². The van der Waals surface area contributed by atoms with Gasteiger partial charge in [-0.25, -0.2) is 9.59 Å². The van der Waals surface area contributed by atoms with Crippen LogP contribution in [0, 0.1) is 12.3 Å². The molecule has 1 saturated heterocycles. The molecule has 0 spiro atoms. The van der Waals surface area contributed by atoms with Gasteiger partial charge in [0.2, 0.25) is 5.91 Å². The second-order valence-corrected chi connectivity index (χ2v) is 11.6. The van der Waals surface area contributed by atoms with E-state index in [0.717, 1.165) is 5.56 Å². The lowest BCUT2D eigenvalue weighted by Gasteiger charge is -2.35. The molecule has 3 N–H and O–H groups in total. The van der Waals surface area contributed by atoms with Crippen LogP contribution in [0.5, 0.6) is 0 Å². The zero-order valence-corrected chi connectivity index (χ0v) is 23.2. The Labute approximate surface area is 224 Å². The molecule has 2 heterocycles. The number of nitrogens with one attached hydrogen (secondary N) is 2. The molecule has 2 aromatic rings. The summed E-state index contributed by atoms with van der Waals surface area (Å²) < 4.78 is 42.4. The van der Waals surface area contributed by atoms with Crippen LogP contribution in [0.4, 0.5) is 18.0 Å². The van der Waals surface area contributed by atoms with Crippen LogP contribution < -0.4 is 10.7 Å². The number of aryl methyl sites for hydroxylation is 1. The molecule has 1 aliphatic heterocycles. The molecule has 39 heavy (non-hydrogen) atoms. The maximum Gasteiger partial charge on any atom is 0.431 e. The van der Waals surface area contributed by atoms with E-state index in [9.17, 15) is 37.5 Å². The molecule has 1 aromatic carbocycles. The predicted molar refractivity (Wildman–Crippen MR) is 139 cm³/mol. The van der Waals surface area contributed by atoms with Crippen molar-refractivity contribution in [3.63, 3.8) is 0 Å². The van der Waals surface area contributed by atoms with Gasteiger partial charge in [-0.1, -0.05) is 32.4 Å². The van der Waals surface area contributed by atoms with E-state index in [1.807, 2.05) is 20.8 Å². The number of aromatic amines is 1. The minimum Gasteiger partial charge on any atom is -0.480 e. The highest BCUT2D eigenvalue weighted by molar-refractivity contribution is 5.90. The molecule has 3 rings (SSSR count). The zero-order chi connectivity index (χ0) is 29.9. The maximum absolute atomic E-state index is 12.8. The Kier molecular flexibility index (Phi) is 9.47. The van der Waals surface area contributed by atoms with Crippen LogP contribution in [0.1, 0.15) is 65.6 Å². The lowest BCUT2D eigenvalue weighted by atomic mass is 9.85. The Balaban J connectivity index is 0.000000290. The molecule has 2 atom stereocenters. The Morgan fingerprint density at radius 2 is 1.72 bits per heavy atom. The Morgan fingerprint density at radius 3 is 2.23 bits per heavy atom. The van der Waals surface area contributed by atoms with E-state index >= 15 is 0 Å². The molecule has 216 valence electrons. The maximum atomic E-state index is 12.8. The summed E-state index contributed by atoms with van der Waals surface area (Å²) in [6, 6.07) is 3.60. The number of hydrogen-bond donors (Lipinski definition) is 3. The van der Waals surface area contributed by atoms with Gasteiger partial charge in [-0.3, -0.25) is 9.59 Å². The summed E-state index contributed by atoms with van der Waals surface area (Å²) in [5, 5.41) is 12.1. The Bertz CT molecular complexity index is 1270. The molecular formula is C27H36F3N3O6. The average molecular weight is 556 g/mol. The van der Waals surface area contributed by atoms with Crippen molar-refractivity contribution in [3.8, 4) is 0 Å². The van der Waals surface area contributed by atoms with Gasteiger partial charge in [-0.2, -0.15) is 13.2 Å². The van der Waals surface area contributed by atoms with Crippen molar-refractivity contribution >= 4 is 28.9 Å². The molecule has 1 aromatic heterocycles. The van der Waals surface area contributed by atoms with Crippen molar-refractivity contribution in [2.45, 2.75) is 85.2 Å². The highest BCUT2D eigenvalue weighted by atomic mass is 19.4. The first-order chi connectivity index (χ1) is 17.7. The second kappa shape index (κ2) is 11.7. The fourth-order valence-electron chi connectivity index (χ4n) is 4.04. The average Bonchev–Trinajstić information content (AvgIpc) is 3.26. The molecule has 0 bridgehead atoms. The number of H-pyrrole nitrogens is 1. The number of carbonyl (C=O) groups excluding carboxylic acids is 2. The number of hydrogen-bond acceptors (Lipinski definition) is 5. The summed E-state index contributed by atoms with van der Waals surface area (Å²) in [6.45, 7) is 12.8. The molecule has 0 saturated carbocycles. The van der Waals surface area contributed by atoms with Gasteiger partial charge in [0, 0.05) is 23.5 Å². The molecule has 1 fully saturated rings. The van der Waals surface area contributed by atoms with E-state index in [1.165, 1.54) is 11.0 Å². The number of halogens is 3. The quantitative estimate of drug-likeness (QED) is 0.496. The third-order valence-electron chi connectivity index (χ3n) is 5.89. The molecule has 2 amide bonds. The number of nitrogens with zero attached hydrogens (tertiary/aromatic N) is 1. The number of rotatable bonds is 3. The van der Waals surface area contributed by atoms with Crippen LogP contribution in [-0.2, 0) is 20.5 Å². The molecule has 12 heteroatoms. The predicted octanol–water partition coefficient (Wildman–Crippen LogP) is 4.86. The smallest absolute Gasteiger partial charge is 0.431 e. The third kappa shape index (κ3) is 8.72. The van der Waals surface area contributed by atoms with Gasteiger partial charge in [-0.15, -0.1) is 0 Å². The molecule has 1 unspecified atom stereocenters. The van der Waals surface area contributed by atoms with Gasteiger partial charge in [0.15, 0.2) is 5.43 Å². The number of ether oxygens (including phenoxy) is 1. The van der Waals surface area contributed by atoms with Gasteiger partial charge >= 0.3 is 18.2 Å². The van der Waals surface area contributed by atoms with Crippen LogP contribution in [0.25, 0.3) is 10.9 Å². The van der Waals surface area contributed by atoms with Crippen LogP contribution >= 0.6 is 0 Å². The van der Waals surface area contributed by atoms with Crippen LogP contribution in [0.2, 0.25) is 0 Å². The standard InChI is InChI=1S/C16H28N2O5.C11H8F3NO/c1-15(2,3)11(17-14(22)23-16(4,5)6)12(19)18-9-7-8-10(18)13(20)21;1-6-2-3-8-7(4-6)9(16)5-10(15-8)11(12,13)14/h10-11H,7-9H2,1-6H3,(H,17,22)(H,20,21);2-5H,1H3,(H,15,16)/t10?,11-;/m1./s1. The molecular weight excluding hydrogens is 519 g/mol. The largest absolute Gasteiger partial charge is 0.480 e. The lowest BCUT2D eigenvalue weighted by molar-refractivity contribution is -0.150. The summed E-state index contributed by atoms with van der Waals surface area (Å²) >= 11 is 0. The molecule has 0 radical (unpaired) electrons. The van der Waals surface area contributed by atoms with Crippen molar-refractivity contribution in [1.29, 1.82) is 0 Å². The van der Waals surface area contributed by atoms with Crippen molar-refractivity contribution < 1.29 is 37.4 Å². The van der Waals surface area contributed by atoms with E-state index in [4.69, 9.17) is 4.74 Å². The van der Waals surface area contributed by atoms with Gasteiger partial charge in [0.25, 0.3) is 0 Å². The number of likely N-dealkylation sites (tertiary alicyclic amines) is 1. The molecule has 9 nitrogen and oxygen atoms in total. The number of aliphatic carboxylic acids is 1. The van der Waals surface area contributed by atoms with Gasteiger partial charge in [0.1, 0.15) is 23.4 Å². The number of aromatic nitrogens is 1. The molecule has 0 aliphatic carbocycles. The Hall–Kier alpha value is -3.57. The first-order valence-electron chi connectivity index (χ1n) is 12.4. The minimum absolute atomic E-state index is 0.199. The number of benzene rings is 1. The van der Waals surface area contributed by atoms with Crippen LogP contribution in [0.15, 0.2) is 29.1 Å². The number of fused-ring (bicyclic) bond motifs is 1. The number of pyridine rings is 1. The highest BCUT2D eigenvalue weighted by Gasteiger charge is 2.42. The SMILES string of the molecule is CC(C)(C)OC(=O)N[C@H](C(=O)N1CCCC1C(=O)O)C(C)(C)C.Cc1ccc2[nH]c(C(F)(F)F)cc(=O)c2c1. The zero-order valence-electron chi connectivity index (χ0n) is 23.2. The van der Waals surface area contributed by atoms with E-state index in [-0.39, 0.29) is 16.8 Å². The van der Waals surface area contributed by atoms with Crippen molar-refractivity contribution in [3.05, 3.63) is 45.7 Å². The van der Waals surface area contributed by atoms with E-state index in [0.29, 0.717) is 25.5 Å². The normalized spacial score (nSPS) is 16.8. The number of amides is 2. The fourth-order valence-corrected chi connectivity index (χ4v) is 4.04. The number of carboxylic acids is 1. The van der Waals surface area contributed by atoms with Crippen molar-refractivity contribution in [1.82, 2.24) is 15.2 Å². The number of alkyl halides is 3.